The summed E-state index contributed by atoms with van der Waals surface area (Å²) in [5.74, 6) is 0.913. The van der Waals surface area contributed by atoms with Gasteiger partial charge in [0.05, 0.1) is 31.6 Å². The molecule has 0 saturated carbocycles. The summed E-state index contributed by atoms with van der Waals surface area (Å²) in [7, 11) is 3.86. The number of nitrogens with one attached hydrogen (secondary N) is 1. The third-order valence-electron chi connectivity index (χ3n) is 4.11. The molecule has 3 heterocycles. The molecule has 0 radical (unpaired) electrons. The molecule has 1 N–H and O–H groups in total. The largest absolute Gasteiger partial charge is 0.370 e. The maximum atomic E-state index is 5.91. The lowest BCUT2D eigenvalue weighted by atomic mass is 10.1. The van der Waals surface area contributed by atoms with E-state index in [0.29, 0.717) is 13.2 Å². The maximum absolute atomic E-state index is 5.91. The van der Waals surface area contributed by atoms with Crippen LogP contribution in [0.2, 0.25) is 0 Å². The molecule has 9 heteroatoms. The summed E-state index contributed by atoms with van der Waals surface area (Å²) in [6.45, 7) is 5.79. The Morgan fingerprint density at radius 1 is 1.40 bits per heavy atom. The van der Waals surface area contributed by atoms with Crippen molar-refractivity contribution in [1.82, 2.24) is 29.8 Å². The number of hydrogen-bond donors (Lipinski definition) is 1. The topological polar surface area (TPSA) is 72.5 Å². The minimum Gasteiger partial charge on any atom is -0.370 e. The summed E-state index contributed by atoms with van der Waals surface area (Å²) in [5.41, 5.74) is 2.19. The van der Waals surface area contributed by atoms with Crippen molar-refractivity contribution >= 4 is 29.9 Å². The lowest BCUT2D eigenvalue weighted by molar-refractivity contribution is -0.00805. The minimum absolute atomic E-state index is 0. The Labute approximate surface area is 165 Å². The van der Waals surface area contributed by atoms with Gasteiger partial charge < -0.3 is 15.0 Å². The molecule has 2 aromatic rings. The van der Waals surface area contributed by atoms with Crippen molar-refractivity contribution in [3.05, 3.63) is 35.9 Å². The van der Waals surface area contributed by atoms with Gasteiger partial charge in [0, 0.05) is 45.1 Å². The van der Waals surface area contributed by atoms with Crippen molar-refractivity contribution < 1.29 is 4.74 Å². The van der Waals surface area contributed by atoms with E-state index < -0.39 is 0 Å². The quantitative estimate of drug-likeness (QED) is 0.424. The Bertz CT molecular complexity index is 696. The van der Waals surface area contributed by atoms with E-state index in [-0.39, 0.29) is 30.1 Å². The first-order valence-electron chi connectivity index (χ1n) is 8.27. The van der Waals surface area contributed by atoms with E-state index in [1.54, 1.807) is 10.9 Å². The van der Waals surface area contributed by atoms with E-state index >= 15 is 0 Å². The first-order valence-corrected chi connectivity index (χ1v) is 8.27. The number of aromatic nitrogens is 4. The fraction of sp³-hybridized carbons (Fsp3) is 0.562. The van der Waals surface area contributed by atoms with Gasteiger partial charge in [-0.1, -0.05) is 0 Å². The zero-order valence-corrected chi connectivity index (χ0v) is 17.3. The number of rotatable bonds is 4. The molecular formula is C16H26IN7O. The molecule has 2 aromatic heterocycles. The van der Waals surface area contributed by atoms with Crippen LogP contribution < -0.4 is 5.32 Å². The van der Waals surface area contributed by atoms with E-state index in [0.717, 1.165) is 36.9 Å². The van der Waals surface area contributed by atoms with Crippen LogP contribution in [-0.4, -0.2) is 56.7 Å². The highest BCUT2D eigenvalue weighted by Gasteiger charge is 2.25. The van der Waals surface area contributed by atoms with Gasteiger partial charge in [0.15, 0.2) is 5.96 Å². The second kappa shape index (κ2) is 9.18. The van der Waals surface area contributed by atoms with Crippen molar-refractivity contribution in [1.29, 1.82) is 0 Å². The zero-order chi connectivity index (χ0) is 16.9. The van der Waals surface area contributed by atoms with Crippen LogP contribution in [0.1, 0.15) is 24.3 Å². The van der Waals surface area contributed by atoms with Gasteiger partial charge in [0.25, 0.3) is 0 Å². The summed E-state index contributed by atoms with van der Waals surface area (Å²) in [6, 6.07) is 1.99. The molecule has 8 nitrogen and oxygen atoms in total. The molecule has 0 spiro atoms. The standard InChI is InChI=1S/C16H25N7O.HI/c1-4-17-16(18-10-14-5-6-19-22(14)3)23-7-8-24-15(12-23)13-9-20-21(2)11-13;/h5-6,9,11,15H,4,7-8,10,12H2,1-3H3,(H,17,18);1H. The van der Waals surface area contributed by atoms with Gasteiger partial charge in [-0.05, 0) is 13.0 Å². The van der Waals surface area contributed by atoms with Gasteiger partial charge in [-0.25, -0.2) is 4.99 Å². The van der Waals surface area contributed by atoms with Crippen molar-refractivity contribution in [2.24, 2.45) is 19.1 Å². The molecule has 0 aliphatic carbocycles. The normalized spacial score (nSPS) is 18.1. The monoisotopic (exact) mass is 459 g/mol. The highest BCUT2D eigenvalue weighted by molar-refractivity contribution is 14.0. The van der Waals surface area contributed by atoms with Gasteiger partial charge >= 0.3 is 0 Å². The maximum Gasteiger partial charge on any atom is 0.194 e. The van der Waals surface area contributed by atoms with Gasteiger partial charge in [0.1, 0.15) is 6.10 Å². The van der Waals surface area contributed by atoms with Crippen LogP contribution in [0.5, 0.6) is 0 Å². The van der Waals surface area contributed by atoms with Crippen molar-refractivity contribution in [2.75, 3.05) is 26.2 Å². The van der Waals surface area contributed by atoms with E-state index in [9.17, 15) is 0 Å². The summed E-state index contributed by atoms with van der Waals surface area (Å²) < 4.78 is 9.57. The summed E-state index contributed by atoms with van der Waals surface area (Å²) >= 11 is 0. The predicted molar refractivity (Wildman–Crippen MR) is 107 cm³/mol. The Morgan fingerprint density at radius 3 is 2.88 bits per heavy atom. The van der Waals surface area contributed by atoms with E-state index in [1.807, 2.05) is 37.2 Å². The predicted octanol–water partition coefficient (Wildman–Crippen LogP) is 1.31. The summed E-state index contributed by atoms with van der Waals surface area (Å²) in [4.78, 5) is 7.02. The number of aryl methyl sites for hydroxylation is 2. The number of ether oxygens (including phenoxy) is 1. The first kappa shape index (κ1) is 19.7. The van der Waals surface area contributed by atoms with Crippen molar-refractivity contribution in [3.8, 4) is 0 Å². The number of nitrogens with zero attached hydrogens (tertiary/aromatic N) is 6. The van der Waals surface area contributed by atoms with Crippen LogP contribution in [-0.2, 0) is 25.4 Å². The molecule has 1 aliphatic rings. The lowest BCUT2D eigenvalue weighted by Gasteiger charge is -2.34. The van der Waals surface area contributed by atoms with Crippen molar-refractivity contribution in [2.45, 2.75) is 19.6 Å². The molecule has 1 saturated heterocycles. The number of aliphatic imine (C=N–C) groups is 1. The van der Waals surface area contributed by atoms with Crippen LogP contribution in [0.15, 0.2) is 29.6 Å². The van der Waals surface area contributed by atoms with Crippen LogP contribution >= 0.6 is 24.0 Å². The van der Waals surface area contributed by atoms with Gasteiger partial charge in [-0.2, -0.15) is 10.2 Å². The van der Waals surface area contributed by atoms with E-state index in [2.05, 4.69) is 27.3 Å². The third kappa shape index (κ3) is 4.94. The number of halogens is 1. The van der Waals surface area contributed by atoms with Crippen molar-refractivity contribution in [3.63, 3.8) is 0 Å². The molecule has 1 aliphatic heterocycles. The Balaban J connectivity index is 0.00000225. The van der Waals surface area contributed by atoms with E-state index in [1.165, 1.54) is 0 Å². The van der Waals surface area contributed by atoms with Crippen LogP contribution in [0, 0.1) is 0 Å². The molecule has 3 rings (SSSR count). The molecule has 1 unspecified atom stereocenters. The number of hydrogen-bond acceptors (Lipinski definition) is 4. The minimum atomic E-state index is 0. The van der Waals surface area contributed by atoms with Crippen LogP contribution in [0.3, 0.4) is 0 Å². The van der Waals surface area contributed by atoms with E-state index in [4.69, 9.17) is 9.73 Å². The number of morpholine rings is 1. The molecular weight excluding hydrogens is 433 g/mol. The average molecular weight is 459 g/mol. The molecule has 1 fully saturated rings. The van der Waals surface area contributed by atoms with Crippen LogP contribution in [0.4, 0.5) is 0 Å². The molecule has 138 valence electrons. The van der Waals surface area contributed by atoms with Gasteiger partial charge in [0.2, 0.25) is 0 Å². The zero-order valence-electron chi connectivity index (χ0n) is 14.9. The summed E-state index contributed by atoms with van der Waals surface area (Å²) in [5, 5.41) is 11.8. The molecule has 0 bridgehead atoms. The molecule has 0 aromatic carbocycles. The van der Waals surface area contributed by atoms with Gasteiger partial charge in [-0.15, -0.1) is 24.0 Å². The molecule has 25 heavy (non-hydrogen) atoms. The van der Waals surface area contributed by atoms with Gasteiger partial charge in [-0.3, -0.25) is 9.36 Å². The Hall–Kier alpha value is -1.62. The molecule has 1 atom stereocenters. The average Bonchev–Trinajstić information content (AvgIpc) is 3.20. The molecule has 0 amide bonds. The number of guanidine groups is 1. The highest BCUT2D eigenvalue weighted by atomic mass is 127. The Morgan fingerprint density at radius 2 is 2.24 bits per heavy atom. The van der Waals surface area contributed by atoms with Crippen LogP contribution in [0.25, 0.3) is 0 Å². The highest BCUT2D eigenvalue weighted by Crippen LogP contribution is 2.21. The Kier molecular flexibility index (Phi) is 7.24. The lowest BCUT2D eigenvalue weighted by Crippen LogP contribution is -2.48. The fourth-order valence-corrected chi connectivity index (χ4v) is 2.79. The second-order valence-corrected chi connectivity index (χ2v) is 5.87. The smallest absolute Gasteiger partial charge is 0.194 e. The third-order valence-corrected chi connectivity index (χ3v) is 4.11. The second-order valence-electron chi connectivity index (χ2n) is 5.87. The summed E-state index contributed by atoms with van der Waals surface area (Å²) in [6.07, 6.45) is 5.69. The first-order chi connectivity index (χ1) is 11.7. The SMILES string of the molecule is CCNC(=NCc1ccnn1C)N1CCOC(c2cnn(C)c2)C1.I. The fourth-order valence-electron chi connectivity index (χ4n) is 2.79.